The molecule has 1 aliphatic rings. The summed E-state index contributed by atoms with van der Waals surface area (Å²) < 4.78 is 33.3. The molecule has 46 heavy (non-hydrogen) atoms. The van der Waals surface area contributed by atoms with Crippen molar-refractivity contribution in [3.8, 4) is 0 Å². The van der Waals surface area contributed by atoms with Gasteiger partial charge in [-0.3, -0.25) is 24.0 Å². The minimum atomic E-state index is -1.76. The first kappa shape index (κ1) is 41.2. The Kier molecular flexibility index (Phi) is 19.5. The zero-order chi connectivity index (χ0) is 34.7. The number of amides is 1. The first-order valence-corrected chi connectivity index (χ1v) is 17.1. The fourth-order valence-corrected chi connectivity index (χ4v) is 6.71. The Hall–Kier alpha value is -2.87. The van der Waals surface area contributed by atoms with Gasteiger partial charge in [0.1, 0.15) is 18.8 Å². The third-order valence-electron chi connectivity index (χ3n) is 7.33. The number of esters is 5. The van der Waals surface area contributed by atoms with Gasteiger partial charge in [-0.15, -0.1) is 11.8 Å². The van der Waals surface area contributed by atoms with Crippen molar-refractivity contribution < 1.29 is 57.2 Å². The molecule has 1 heterocycles. The summed E-state index contributed by atoms with van der Waals surface area (Å²) in [5.41, 5.74) is 0. The van der Waals surface area contributed by atoms with Crippen LogP contribution in [-0.4, -0.2) is 90.6 Å². The lowest BCUT2D eigenvalue weighted by Crippen LogP contribution is -2.68. The van der Waals surface area contributed by atoms with Gasteiger partial charge >= 0.3 is 29.8 Å². The molecule has 14 heteroatoms. The van der Waals surface area contributed by atoms with Gasteiger partial charge in [-0.05, 0) is 12.2 Å². The lowest BCUT2D eigenvalue weighted by atomic mass is 9.89. The van der Waals surface area contributed by atoms with Gasteiger partial charge in [-0.2, -0.15) is 0 Å². The van der Waals surface area contributed by atoms with E-state index in [1.165, 1.54) is 59.5 Å². The van der Waals surface area contributed by atoms with Gasteiger partial charge in [-0.25, -0.2) is 4.79 Å². The van der Waals surface area contributed by atoms with E-state index < -0.39 is 77.8 Å². The van der Waals surface area contributed by atoms with E-state index in [1.807, 2.05) is 0 Å². The topological polar surface area (TPSA) is 170 Å². The van der Waals surface area contributed by atoms with Gasteiger partial charge in [0, 0.05) is 41.0 Å². The van der Waals surface area contributed by atoms with E-state index in [0.29, 0.717) is 5.75 Å². The predicted molar refractivity (Wildman–Crippen MR) is 169 cm³/mol. The molecule has 0 spiro atoms. The summed E-state index contributed by atoms with van der Waals surface area (Å²) in [4.78, 5) is 72.4. The van der Waals surface area contributed by atoms with E-state index in [4.69, 9.17) is 28.4 Å². The van der Waals surface area contributed by atoms with Gasteiger partial charge in [0.05, 0.1) is 13.2 Å². The Labute approximate surface area is 276 Å². The molecule has 0 aromatic rings. The lowest BCUT2D eigenvalue weighted by molar-refractivity contribution is -0.224. The van der Waals surface area contributed by atoms with Crippen molar-refractivity contribution in [2.24, 2.45) is 0 Å². The molecule has 0 aromatic heterocycles. The molecule has 6 atom stereocenters. The lowest BCUT2D eigenvalue weighted by Gasteiger charge is -2.48. The Bertz CT molecular complexity index is 1010. The van der Waals surface area contributed by atoms with Gasteiger partial charge in [0.15, 0.2) is 12.2 Å². The van der Waals surface area contributed by atoms with E-state index in [9.17, 15) is 28.8 Å². The van der Waals surface area contributed by atoms with E-state index in [0.717, 1.165) is 58.2 Å². The molecule has 1 fully saturated rings. The van der Waals surface area contributed by atoms with Crippen LogP contribution in [0.25, 0.3) is 0 Å². The highest BCUT2D eigenvalue weighted by Gasteiger charge is 2.58. The third kappa shape index (κ3) is 15.1. The van der Waals surface area contributed by atoms with Crippen molar-refractivity contribution >= 4 is 47.5 Å². The number of ether oxygens (including phenoxy) is 6. The molecule has 1 amide bonds. The van der Waals surface area contributed by atoms with E-state index >= 15 is 0 Å². The summed E-state index contributed by atoms with van der Waals surface area (Å²) in [5.74, 6) is -3.83. The summed E-state index contributed by atoms with van der Waals surface area (Å²) in [6.07, 6.45) is 5.55. The SMILES string of the molecule is CCCCCCCCCCCCS[C@@]1(C(=O)OC)C[C@H](OC(C)=O)[C@@H](NC(C)=O)[C@H]([C@H](OC(C)=O)[C@@H](COC(C)=O)OC(C)=O)O1. The molecule has 1 rings (SSSR count). The number of carbonyl (C=O) groups excluding carboxylic acids is 6. The standard InChI is InChI=1S/C32H53NO12S/c1-8-9-10-11-12-13-14-15-16-17-18-46-32(31(39)40-7)19-26(42-23(4)36)28(33-21(2)34)30(45-32)29(44-25(6)38)27(43-24(5)37)20-41-22(3)35/h26-30H,8-20H2,1-7H3,(H,33,34)/t26-,27+,28+,29+,30+,32+/m0/s1. The Morgan fingerprint density at radius 1 is 0.804 bits per heavy atom. The van der Waals surface area contributed by atoms with Crippen molar-refractivity contribution in [2.45, 2.75) is 148 Å². The summed E-state index contributed by atoms with van der Waals surface area (Å²) in [7, 11) is 1.19. The van der Waals surface area contributed by atoms with Crippen LogP contribution in [0.4, 0.5) is 0 Å². The number of hydrogen-bond donors (Lipinski definition) is 1. The van der Waals surface area contributed by atoms with Crippen molar-refractivity contribution in [3.63, 3.8) is 0 Å². The van der Waals surface area contributed by atoms with Gasteiger partial charge in [0.2, 0.25) is 10.8 Å². The predicted octanol–water partition coefficient (Wildman–Crippen LogP) is 4.16. The molecule has 0 bridgehead atoms. The number of thioether (sulfide) groups is 1. The number of rotatable bonds is 21. The van der Waals surface area contributed by atoms with Crippen LogP contribution < -0.4 is 5.32 Å². The van der Waals surface area contributed by atoms with Crippen LogP contribution in [0.15, 0.2) is 0 Å². The molecular weight excluding hydrogens is 622 g/mol. The van der Waals surface area contributed by atoms with Crippen molar-refractivity contribution in [1.82, 2.24) is 5.32 Å². The zero-order valence-electron chi connectivity index (χ0n) is 28.4. The number of nitrogens with one attached hydrogen (secondary N) is 1. The third-order valence-corrected chi connectivity index (χ3v) is 8.72. The van der Waals surface area contributed by atoms with Crippen molar-refractivity contribution in [1.29, 1.82) is 0 Å². The smallest absolute Gasteiger partial charge is 0.348 e. The second kappa shape index (κ2) is 21.8. The maximum atomic E-state index is 13.5. The summed E-state index contributed by atoms with van der Waals surface area (Å²) >= 11 is 1.16. The van der Waals surface area contributed by atoms with E-state index in [1.54, 1.807) is 0 Å². The average Bonchev–Trinajstić information content (AvgIpc) is 2.96. The number of methoxy groups -OCH3 is 1. The van der Waals surface area contributed by atoms with Crippen LogP contribution in [0.1, 0.15) is 112 Å². The maximum absolute atomic E-state index is 13.5. The number of unbranched alkanes of at least 4 members (excludes halogenated alkanes) is 9. The fourth-order valence-electron chi connectivity index (χ4n) is 5.37. The molecule has 13 nitrogen and oxygen atoms in total. The largest absolute Gasteiger partial charge is 0.466 e. The van der Waals surface area contributed by atoms with Gasteiger partial charge in [0.25, 0.3) is 0 Å². The van der Waals surface area contributed by atoms with Crippen LogP contribution in [-0.2, 0) is 57.2 Å². The van der Waals surface area contributed by atoms with Crippen LogP contribution in [0.2, 0.25) is 0 Å². The van der Waals surface area contributed by atoms with Crippen molar-refractivity contribution in [2.75, 3.05) is 19.5 Å². The quantitative estimate of drug-likeness (QED) is 0.105. The average molecular weight is 676 g/mol. The summed E-state index contributed by atoms with van der Waals surface area (Å²) in [6.45, 7) is 7.44. The fraction of sp³-hybridized carbons (Fsp3) is 0.812. The Morgan fingerprint density at radius 3 is 1.85 bits per heavy atom. The minimum absolute atomic E-state index is 0.196. The minimum Gasteiger partial charge on any atom is -0.466 e. The Balaban J connectivity index is 3.39. The first-order chi connectivity index (χ1) is 21.8. The molecule has 0 unspecified atom stereocenters. The number of carbonyl (C=O) groups is 6. The number of hydrogen-bond acceptors (Lipinski definition) is 13. The monoisotopic (exact) mass is 675 g/mol. The molecule has 1 saturated heterocycles. The normalized spacial score (nSPS) is 22.1. The zero-order valence-corrected chi connectivity index (χ0v) is 29.2. The highest BCUT2D eigenvalue weighted by molar-refractivity contribution is 8.01. The van der Waals surface area contributed by atoms with E-state index in [-0.39, 0.29) is 6.42 Å². The maximum Gasteiger partial charge on any atom is 0.348 e. The van der Waals surface area contributed by atoms with Gasteiger partial charge in [-0.1, -0.05) is 64.7 Å². The highest BCUT2D eigenvalue weighted by Crippen LogP contribution is 2.43. The summed E-state index contributed by atoms with van der Waals surface area (Å²) in [5, 5.41) is 2.68. The molecule has 1 N–H and O–H groups in total. The first-order valence-electron chi connectivity index (χ1n) is 16.1. The molecule has 0 aromatic carbocycles. The van der Waals surface area contributed by atoms with E-state index in [2.05, 4.69) is 12.2 Å². The van der Waals surface area contributed by atoms with Crippen molar-refractivity contribution in [3.05, 3.63) is 0 Å². The second-order valence-electron chi connectivity index (χ2n) is 11.5. The molecule has 264 valence electrons. The highest BCUT2D eigenvalue weighted by atomic mass is 32.2. The second-order valence-corrected chi connectivity index (χ2v) is 12.8. The Morgan fingerprint density at radius 2 is 1.37 bits per heavy atom. The summed E-state index contributed by atoms with van der Waals surface area (Å²) in [6, 6.07) is -1.17. The van der Waals surface area contributed by atoms with Gasteiger partial charge < -0.3 is 33.7 Å². The molecule has 0 radical (unpaired) electrons. The van der Waals surface area contributed by atoms with Crippen LogP contribution in [0.3, 0.4) is 0 Å². The van der Waals surface area contributed by atoms with Crippen LogP contribution in [0.5, 0.6) is 0 Å². The molecule has 1 aliphatic heterocycles. The van der Waals surface area contributed by atoms with Crippen LogP contribution in [0, 0.1) is 0 Å². The molecule has 0 saturated carbocycles. The molecule has 0 aliphatic carbocycles. The van der Waals surface area contributed by atoms with Crippen LogP contribution >= 0.6 is 11.8 Å². The molecular formula is C32H53NO12S.